The van der Waals surface area contributed by atoms with Crippen molar-refractivity contribution >= 4 is 29.2 Å². The van der Waals surface area contributed by atoms with Gasteiger partial charge in [-0.15, -0.1) is 11.3 Å². The third kappa shape index (κ3) is 4.77. The Morgan fingerprint density at radius 3 is 2.33 bits per heavy atom. The summed E-state index contributed by atoms with van der Waals surface area (Å²) in [4.78, 5) is 39.7. The summed E-state index contributed by atoms with van der Waals surface area (Å²) in [5.74, 6) is -0.667. The normalized spacial score (nSPS) is 21.1. The predicted molar refractivity (Wildman–Crippen MR) is 91.8 cm³/mol. The van der Waals surface area contributed by atoms with Gasteiger partial charge in [0.15, 0.2) is 0 Å². The molecule has 1 fully saturated rings. The van der Waals surface area contributed by atoms with Crippen LogP contribution in [0.15, 0.2) is 6.20 Å². The quantitative estimate of drug-likeness (QED) is 0.771. The Labute approximate surface area is 145 Å². The van der Waals surface area contributed by atoms with Crippen LogP contribution in [0.5, 0.6) is 0 Å². The number of thiazole rings is 1. The highest BCUT2D eigenvalue weighted by atomic mass is 32.1. The molecular formula is C16H24N4O3S. The molecule has 0 radical (unpaired) electrons. The van der Waals surface area contributed by atoms with E-state index in [-0.39, 0.29) is 29.2 Å². The van der Waals surface area contributed by atoms with Crippen LogP contribution in [0, 0.1) is 5.92 Å². The first-order chi connectivity index (χ1) is 11.2. The van der Waals surface area contributed by atoms with Crippen LogP contribution in [0.3, 0.4) is 0 Å². The average molecular weight is 352 g/mol. The van der Waals surface area contributed by atoms with Crippen LogP contribution < -0.4 is 16.4 Å². The molecule has 1 aromatic heterocycles. The van der Waals surface area contributed by atoms with E-state index in [9.17, 15) is 14.4 Å². The number of carbonyl (C=O) groups is 3. The van der Waals surface area contributed by atoms with Crippen molar-refractivity contribution in [3.63, 3.8) is 0 Å². The summed E-state index contributed by atoms with van der Waals surface area (Å²) in [6.07, 6.45) is 4.27. The maximum atomic E-state index is 12.3. The highest BCUT2D eigenvalue weighted by Crippen LogP contribution is 2.28. The summed E-state index contributed by atoms with van der Waals surface area (Å²) in [5.41, 5.74) is 4.88. The second-order valence-corrected chi connectivity index (χ2v) is 8.19. The van der Waals surface area contributed by atoms with Gasteiger partial charge in [-0.3, -0.25) is 14.9 Å². The lowest BCUT2D eigenvalue weighted by Crippen LogP contribution is -2.43. The van der Waals surface area contributed by atoms with Crippen molar-refractivity contribution in [2.24, 2.45) is 11.7 Å². The molecule has 1 aromatic rings. The highest BCUT2D eigenvalue weighted by molar-refractivity contribution is 7.13. The molecule has 24 heavy (non-hydrogen) atoms. The maximum absolute atomic E-state index is 12.3. The number of aromatic nitrogens is 1. The molecule has 2 rings (SSSR count). The minimum absolute atomic E-state index is 0.0373. The number of carbonyl (C=O) groups excluding carboxylic acids is 3. The van der Waals surface area contributed by atoms with Gasteiger partial charge in [-0.05, 0) is 25.7 Å². The molecule has 1 aliphatic carbocycles. The van der Waals surface area contributed by atoms with Gasteiger partial charge in [-0.25, -0.2) is 9.78 Å². The summed E-state index contributed by atoms with van der Waals surface area (Å²) in [7, 11) is 0. The van der Waals surface area contributed by atoms with E-state index in [1.54, 1.807) is 6.20 Å². The number of hydrogen-bond donors (Lipinski definition) is 3. The van der Waals surface area contributed by atoms with Crippen LogP contribution in [0.4, 0.5) is 4.79 Å². The van der Waals surface area contributed by atoms with Crippen LogP contribution >= 0.6 is 11.3 Å². The van der Waals surface area contributed by atoms with Gasteiger partial charge < -0.3 is 11.1 Å². The van der Waals surface area contributed by atoms with Crippen LogP contribution in [0.25, 0.3) is 0 Å². The van der Waals surface area contributed by atoms with Gasteiger partial charge in [0.1, 0.15) is 4.88 Å². The van der Waals surface area contributed by atoms with Gasteiger partial charge in [0, 0.05) is 17.4 Å². The van der Waals surface area contributed by atoms with E-state index >= 15 is 0 Å². The molecule has 0 aliphatic heterocycles. The number of urea groups is 1. The summed E-state index contributed by atoms with van der Waals surface area (Å²) in [6.45, 7) is 6.18. The minimum Gasteiger partial charge on any atom is -0.351 e. The van der Waals surface area contributed by atoms with Crippen molar-refractivity contribution in [1.29, 1.82) is 0 Å². The Balaban J connectivity index is 1.85. The van der Waals surface area contributed by atoms with E-state index in [4.69, 9.17) is 5.73 Å². The fourth-order valence-electron chi connectivity index (χ4n) is 2.71. The first kappa shape index (κ1) is 18.4. The lowest BCUT2D eigenvalue weighted by molar-refractivity contribution is -0.124. The molecule has 1 saturated carbocycles. The Morgan fingerprint density at radius 2 is 1.83 bits per heavy atom. The van der Waals surface area contributed by atoms with Crippen molar-refractivity contribution in [1.82, 2.24) is 15.6 Å². The predicted octanol–water partition coefficient (Wildman–Crippen LogP) is 1.92. The number of hydrogen-bond acceptors (Lipinski definition) is 5. The van der Waals surface area contributed by atoms with Crippen LogP contribution in [0.1, 0.15) is 61.1 Å². The molecule has 1 heterocycles. The molecule has 0 spiro atoms. The van der Waals surface area contributed by atoms with Gasteiger partial charge in [-0.1, -0.05) is 20.8 Å². The second kappa shape index (κ2) is 7.29. The maximum Gasteiger partial charge on any atom is 0.318 e. The van der Waals surface area contributed by atoms with E-state index in [1.807, 2.05) is 0 Å². The fraction of sp³-hybridized carbons (Fsp3) is 0.625. The topological polar surface area (TPSA) is 114 Å². The van der Waals surface area contributed by atoms with E-state index in [0.717, 1.165) is 5.01 Å². The number of primary amides is 1. The lowest BCUT2D eigenvalue weighted by Gasteiger charge is -2.27. The minimum atomic E-state index is -0.824. The molecule has 132 valence electrons. The van der Waals surface area contributed by atoms with Gasteiger partial charge in [0.05, 0.1) is 11.2 Å². The number of amides is 4. The van der Waals surface area contributed by atoms with Gasteiger partial charge in [0.2, 0.25) is 5.91 Å². The lowest BCUT2D eigenvalue weighted by atomic mass is 9.85. The summed E-state index contributed by atoms with van der Waals surface area (Å²) in [5, 5.41) is 6.06. The smallest absolute Gasteiger partial charge is 0.318 e. The molecule has 8 heteroatoms. The fourth-order valence-corrected chi connectivity index (χ4v) is 3.58. The van der Waals surface area contributed by atoms with E-state index in [0.29, 0.717) is 30.6 Å². The van der Waals surface area contributed by atoms with Crippen LogP contribution in [-0.4, -0.2) is 28.9 Å². The first-order valence-corrected chi connectivity index (χ1v) is 8.86. The Bertz CT molecular complexity index is 628. The number of rotatable bonds is 3. The van der Waals surface area contributed by atoms with Crippen LogP contribution in [-0.2, 0) is 10.2 Å². The van der Waals surface area contributed by atoms with Gasteiger partial charge >= 0.3 is 6.03 Å². The Hall–Kier alpha value is -1.96. The third-order valence-electron chi connectivity index (χ3n) is 4.05. The van der Waals surface area contributed by atoms with Crippen molar-refractivity contribution < 1.29 is 14.4 Å². The van der Waals surface area contributed by atoms with Crippen molar-refractivity contribution in [2.75, 3.05) is 0 Å². The molecule has 4 amide bonds. The standard InChI is InChI=1S/C16H24N4O3S/c1-16(2,3)14-18-8-11(24-14)13(22)19-10-6-4-9(5-7-10)12(21)20-15(17)23/h8-10H,4-7H2,1-3H3,(H,19,22)(H3,17,20,21,23). The Kier molecular flexibility index (Phi) is 5.58. The average Bonchev–Trinajstić information content (AvgIpc) is 2.97. The Morgan fingerprint density at radius 1 is 1.21 bits per heavy atom. The molecule has 7 nitrogen and oxygen atoms in total. The SMILES string of the molecule is CC(C)(C)c1ncc(C(=O)NC2CCC(C(=O)NC(N)=O)CC2)s1. The number of nitrogens with two attached hydrogens (primary N) is 1. The monoisotopic (exact) mass is 352 g/mol. The third-order valence-corrected chi connectivity index (χ3v) is 5.47. The summed E-state index contributed by atoms with van der Waals surface area (Å²) in [6, 6.07) is -0.786. The second-order valence-electron chi connectivity index (χ2n) is 7.16. The van der Waals surface area contributed by atoms with Crippen molar-refractivity contribution in [2.45, 2.75) is 57.9 Å². The van der Waals surface area contributed by atoms with Crippen molar-refractivity contribution in [3.8, 4) is 0 Å². The zero-order valence-corrected chi connectivity index (χ0v) is 15.0. The van der Waals surface area contributed by atoms with E-state index < -0.39 is 6.03 Å². The first-order valence-electron chi connectivity index (χ1n) is 8.04. The molecule has 1 aliphatic rings. The molecule has 0 saturated heterocycles. The van der Waals surface area contributed by atoms with Crippen LogP contribution in [0.2, 0.25) is 0 Å². The summed E-state index contributed by atoms with van der Waals surface area (Å²) >= 11 is 1.41. The molecular weight excluding hydrogens is 328 g/mol. The highest BCUT2D eigenvalue weighted by Gasteiger charge is 2.28. The number of nitrogens with zero attached hydrogens (tertiary/aromatic N) is 1. The zero-order valence-electron chi connectivity index (χ0n) is 14.2. The summed E-state index contributed by atoms with van der Waals surface area (Å²) < 4.78 is 0. The van der Waals surface area contributed by atoms with E-state index in [1.165, 1.54) is 11.3 Å². The molecule has 0 unspecified atom stereocenters. The van der Waals surface area contributed by atoms with E-state index in [2.05, 4.69) is 36.4 Å². The number of imide groups is 1. The van der Waals surface area contributed by atoms with Gasteiger partial charge in [0.25, 0.3) is 5.91 Å². The molecule has 0 atom stereocenters. The van der Waals surface area contributed by atoms with Crippen molar-refractivity contribution in [3.05, 3.63) is 16.1 Å². The largest absolute Gasteiger partial charge is 0.351 e. The molecule has 4 N–H and O–H groups in total. The zero-order chi connectivity index (χ0) is 17.9. The number of nitrogens with one attached hydrogen (secondary N) is 2. The van der Waals surface area contributed by atoms with Gasteiger partial charge in [-0.2, -0.15) is 0 Å². The molecule has 0 aromatic carbocycles. The molecule has 0 bridgehead atoms.